The highest BCUT2D eigenvalue weighted by Crippen LogP contribution is 2.38. The lowest BCUT2D eigenvalue weighted by atomic mass is 10.1. The molecule has 13 heteroatoms. The molecule has 1 saturated heterocycles. The van der Waals surface area contributed by atoms with Crippen LogP contribution in [0.5, 0.6) is 5.75 Å². The van der Waals surface area contributed by atoms with Crippen LogP contribution in [0.25, 0.3) is 11.3 Å². The number of aromatic nitrogens is 2. The maximum atomic E-state index is 13.2. The number of halogens is 6. The number of carboxylic acid groups (broad SMARTS) is 1. The SMILES string of the molecule is COc1ccc(-c2cc(N3CCNCC3)ncn2)cc1C(F)(F)F.O=C(O)C(F)(F)F. The number of anilines is 1. The number of hydrogen-bond acceptors (Lipinski definition) is 6. The third-order valence-electron chi connectivity index (χ3n) is 4.14. The van der Waals surface area contributed by atoms with Gasteiger partial charge in [0.1, 0.15) is 17.9 Å². The molecule has 7 nitrogen and oxygen atoms in total. The number of ether oxygens (including phenoxy) is 1. The zero-order valence-electron chi connectivity index (χ0n) is 16.1. The van der Waals surface area contributed by atoms with Crippen molar-refractivity contribution < 1.29 is 41.0 Å². The van der Waals surface area contributed by atoms with E-state index >= 15 is 0 Å². The van der Waals surface area contributed by atoms with Gasteiger partial charge < -0.3 is 20.1 Å². The van der Waals surface area contributed by atoms with Crippen LogP contribution in [-0.4, -0.2) is 60.5 Å². The highest BCUT2D eigenvalue weighted by molar-refractivity contribution is 5.73. The zero-order chi connectivity index (χ0) is 23.2. The van der Waals surface area contributed by atoms with Crippen LogP contribution in [-0.2, 0) is 11.0 Å². The van der Waals surface area contributed by atoms with Crippen molar-refractivity contribution in [2.75, 3.05) is 38.2 Å². The molecule has 0 spiro atoms. The van der Waals surface area contributed by atoms with Crippen molar-refractivity contribution in [3.8, 4) is 17.0 Å². The van der Waals surface area contributed by atoms with E-state index in [4.69, 9.17) is 14.6 Å². The first kappa shape index (κ1) is 24.2. The number of carboxylic acids is 1. The Labute approximate surface area is 172 Å². The van der Waals surface area contributed by atoms with Gasteiger partial charge >= 0.3 is 18.3 Å². The van der Waals surface area contributed by atoms with E-state index in [1.165, 1.54) is 19.5 Å². The molecule has 170 valence electrons. The molecule has 0 bridgehead atoms. The van der Waals surface area contributed by atoms with E-state index < -0.39 is 23.9 Å². The van der Waals surface area contributed by atoms with Crippen molar-refractivity contribution >= 4 is 11.8 Å². The van der Waals surface area contributed by atoms with Crippen LogP contribution in [0.3, 0.4) is 0 Å². The van der Waals surface area contributed by atoms with Crippen LogP contribution < -0.4 is 15.0 Å². The van der Waals surface area contributed by atoms with Crippen molar-refractivity contribution in [1.82, 2.24) is 15.3 Å². The highest BCUT2D eigenvalue weighted by Gasteiger charge is 2.38. The Hall–Kier alpha value is -3.09. The molecule has 2 aromatic rings. The fraction of sp³-hybridized carbons (Fsp3) is 0.389. The molecular weight excluding hydrogens is 434 g/mol. The number of alkyl halides is 6. The van der Waals surface area contributed by atoms with Crippen LogP contribution in [0, 0.1) is 0 Å². The minimum absolute atomic E-state index is 0.206. The van der Waals surface area contributed by atoms with E-state index in [-0.39, 0.29) is 5.75 Å². The molecule has 3 rings (SSSR count). The Kier molecular flexibility index (Phi) is 7.65. The molecule has 1 fully saturated rings. The minimum Gasteiger partial charge on any atom is -0.496 e. The number of piperazine rings is 1. The Morgan fingerprint density at radius 1 is 1.10 bits per heavy atom. The van der Waals surface area contributed by atoms with Crippen molar-refractivity contribution in [3.05, 3.63) is 36.2 Å². The lowest BCUT2D eigenvalue weighted by Gasteiger charge is -2.28. The number of carbonyl (C=O) groups is 1. The molecule has 0 aliphatic carbocycles. The van der Waals surface area contributed by atoms with Crippen LogP contribution in [0.1, 0.15) is 5.56 Å². The summed E-state index contributed by atoms with van der Waals surface area (Å²) in [4.78, 5) is 19.3. The lowest BCUT2D eigenvalue weighted by molar-refractivity contribution is -0.192. The summed E-state index contributed by atoms with van der Waals surface area (Å²) >= 11 is 0. The number of rotatable bonds is 3. The average Bonchev–Trinajstić information content (AvgIpc) is 2.73. The smallest absolute Gasteiger partial charge is 0.490 e. The zero-order valence-corrected chi connectivity index (χ0v) is 16.1. The molecule has 0 atom stereocenters. The van der Waals surface area contributed by atoms with Gasteiger partial charge in [0.25, 0.3) is 0 Å². The van der Waals surface area contributed by atoms with Crippen LogP contribution in [0.4, 0.5) is 32.2 Å². The van der Waals surface area contributed by atoms with Crippen molar-refractivity contribution in [1.29, 1.82) is 0 Å². The van der Waals surface area contributed by atoms with Gasteiger partial charge in [0.05, 0.1) is 18.4 Å². The number of nitrogens with zero attached hydrogens (tertiary/aromatic N) is 3. The molecule has 1 aliphatic rings. The maximum Gasteiger partial charge on any atom is 0.490 e. The summed E-state index contributed by atoms with van der Waals surface area (Å²) in [6.07, 6.45) is -8.19. The number of aliphatic carboxylic acids is 1. The van der Waals surface area contributed by atoms with Crippen LogP contribution >= 0.6 is 0 Å². The van der Waals surface area contributed by atoms with Gasteiger partial charge in [0.15, 0.2) is 0 Å². The topological polar surface area (TPSA) is 87.6 Å². The van der Waals surface area contributed by atoms with Gasteiger partial charge in [-0.1, -0.05) is 0 Å². The second kappa shape index (κ2) is 9.81. The van der Waals surface area contributed by atoms with E-state index in [0.717, 1.165) is 32.2 Å². The monoisotopic (exact) mass is 452 g/mol. The van der Waals surface area contributed by atoms with E-state index in [2.05, 4.69) is 20.2 Å². The molecule has 2 N–H and O–H groups in total. The molecule has 1 aromatic carbocycles. The normalized spacial score (nSPS) is 14.5. The van der Waals surface area contributed by atoms with E-state index in [1.54, 1.807) is 12.1 Å². The predicted molar refractivity (Wildman–Crippen MR) is 97.8 cm³/mol. The summed E-state index contributed by atoms with van der Waals surface area (Å²) in [5.74, 6) is -2.25. The summed E-state index contributed by atoms with van der Waals surface area (Å²) < 4.78 is 76.1. The van der Waals surface area contributed by atoms with E-state index in [1.807, 2.05) is 0 Å². The number of methoxy groups -OCH3 is 1. The molecule has 1 aromatic heterocycles. The number of benzene rings is 1. The summed E-state index contributed by atoms with van der Waals surface area (Å²) in [5.41, 5.74) is 0.0124. The predicted octanol–water partition coefficient (Wildman–Crippen LogP) is 3.21. The van der Waals surface area contributed by atoms with Crippen molar-refractivity contribution in [3.63, 3.8) is 0 Å². The summed E-state index contributed by atoms with van der Waals surface area (Å²) in [7, 11) is 1.22. The van der Waals surface area contributed by atoms with Gasteiger partial charge in [-0.05, 0) is 18.2 Å². The third kappa shape index (κ3) is 6.70. The first-order valence-corrected chi connectivity index (χ1v) is 8.77. The molecular formula is C18H18F6N4O3. The first-order chi connectivity index (χ1) is 14.4. The van der Waals surface area contributed by atoms with Crippen molar-refractivity contribution in [2.24, 2.45) is 0 Å². The molecule has 0 saturated carbocycles. The molecule has 0 unspecified atom stereocenters. The standard InChI is InChI=1S/C16H17F3N4O.C2HF3O2/c1-24-14-3-2-11(8-12(14)16(17,18)19)13-9-15(22-10-21-13)23-6-4-20-5-7-23;3-2(4,5)1(6)7/h2-3,8-10,20H,4-7H2,1H3;(H,6,7). The number of nitrogens with one attached hydrogen (secondary N) is 1. The Morgan fingerprint density at radius 3 is 2.23 bits per heavy atom. The van der Waals surface area contributed by atoms with Gasteiger partial charge in [-0.2, -0.15) is 26.3 Å². The highest BCUT2D eigenvalue weighted by atomic mass is 19.4. The average molecular weight is 452 g/mol. The fourth-order valence-electron chi connectivity index (χ4n) is 2.66. The molecule has 1 aliphatic heterocycles. The van der Waals surface area contributed by atoms with E-state index in [9.17, 15) is 26.3 Å². The lowest BCUT2D eigenvalue weighted by Crippen LogP contribution is -2.43. The quantitative estimate of drug-likeness (QED) is 0.692. The number of hydrogen-bond donors (Lipinski definition) is 2. The second-order valence-corrected chi connectivity index (χ2v) is 6.21. The first-order valence-electron chi connectivity index (χ1n) is 8.77. The minimum atomic E-state index is -5.08. The largest absolute Gasteiger partial charge is 0.496 e. The Balaban J connectivity index is 0.000000423. The molecule has 0 radical (unpaired) electrons. The van der Waals surface area contributed by atoms with E-state index in [0.29, 0.717) is 17.1 Å². The Morgan fingerprint density at radius 2 is 1.71 bits per heavy atom. The van der Waals surface area contributed by atoms with Crippen LogP contribution in [0.2, 0.25) is 0 Å². The fourth-order valence-corrected chi connectivity index (χ4v) is 2.66. The summed E-state index contributed by atoms with van der Waals surface area (Å²) in [6.45, 7) is 3.29. The van der Waals surface area contributed by atoms with Crippen LogP contribution in [0.15, 0.2) is 30.6 Å². The summed E-state index contributed by atoms with van der Waals surface area (Å²) in [6, 6.07) is 5.65. The molecule has 0 amide bonds. The van der Waals surface area contributed by atoms with Gasteiger partial charge in [-0.15, -0.1) is 0 Å². The van der Waals surface area contributed by atoms with Gasteiger partial charge in [-0.25, -0.2) is 14.8 Å². The molecule has 31 heavy (non-hydrogen) atoms. The van der Waals surface area contributed by atoms with Gasteiger partial charge in [-0.3, -0.25) is 0 Å². The second-order valence-electron chi connectivity index (χ2n) is 6.21. The van der Waals surface area contributed by atoms with Gasteiger partial charge in [0, 0.05) is 37.8 Å². The molecule has 2 heterocycles. The van der Waals surface area contributed by atoms with Gasteiger partial charge in [0.2, 0.25) is 0 Å². The Bertz CT molecular complexity index is 899. The third-order valence-corrected chi connectivity index (χ3v) is 4.14. The maximum absolute atomic E-state index is 13.2. The van der Waals surface area contributed by atoms with Crippen molar-refractivity contribution in [2.45, 2.75) is 12.4 Å². The summed E-state index contributed by atoms with van der Waals surface area (Å²) in [5, 5.41) is 10.4.